The van der Waals surface area contributed by atoms with Crippen LogP contribution in [0.15, 0.2) is 22.5 Å². The van der Waals surface area contributed by atoms with Crippen molar-refractivity contribution < 1.29 is 24.2 Å². The van der Waals surface area contributed by atoms with Gasteiger partial charge in [-0.15, -0.1) is 0 Å². The van der Waals surface area contributed by atoms with Gasteiger partial charge in [0.1, 0.15) is 11.3 Å². The van der Waals surface area contributed by atoms with Crippen LogP contribution in [0.1, 0.15) is 20.3 Å². The van der Waals surface area contributed by atoms with E-state index < -0.39 is 11.9 Å². The fourth-order valence-electron chi connectivity index (χ4n) is 1.57. The molecular weight excluding hydrogens is 212 g/mol. The van der Waals surface area contributed by atoms with Gasteiger partial charge < -0.3 is 14.6 Å². The Morgan fingerprint density at radius 1 is 1.38 bits per heavy atom. The molecule has 0 saturated heterocycles. The van der Waals surface area contributed by atoms with Crippen LogP contribution in [0.25, 0.3) is 0 Å². The first-order valence-electron chi connectivity index (χ1n) is 4.90. The lowest BCUT2D eigenvalue weighted by Gasteiger charge is -2.04. The second-order valence-electron chi connectivity index (χ2n) is 3.31. The zero-order valence-corrected chi connectivity index (χ0v) is 9.49. The summed E-state index contributed by atoms with van der Waals surface area (Å²) in [4.78, 5) is 22.8. The molecule has 0 unspecified atom stereocenters. The fraction of sp³-hybridized carbons (Fsp3) is 0.455. The summed E-state index contributed by atoms with van der Waals surface area (Å²) < 4.78 is 9.34. The van der Waals surface area contributed by atoms with Crippen LogP contribution >= 0.6 is 0 Å². The Morgan fingerprint density at radius 2 is 2.00 bits per heavy atom. The molecule has 0 amide bonds. The largest absolute Gasteiger partial charge is 0.511 e. The van der Waals surface area contributed by atoms with Gasteiger partial charge >= 0.3 is 11.9 Å². The molecule has 1 aliphatic carbocycles. The number of hydrogen-bond donors (Lipinski definition) is 1. The second-order valence-corrected chi connectivity index (χ2v) is 3.31. The Bertz CT molecular complexity index is 389. The summed E-state index contributed by atoms with van der Waals surface area (Å²) in [6.45, 7) is 3.53. The molecule has 5 nitrogen and oxygen atoms in total. The normalized spacial score (nSPS) is 15.4. The first-order valence-corrected chi connectivity index (χ1v) is 4.90. The first kappa shape index (κ1) is 12.3. The topological polar surface area (TPSA) is 72.8 Å². The van der Waals surface area contributed by atoms with Crippen molar-refractivity contribution in [2.75, 3.05) is 13.7 Å². The van der Waals surface area contributed by atoms with Crippen molar-refractivity contribution >= 4 is 11.9 Å². The van der Waals surface area contributed by atoms with Gasteiger partial charge in [0.25, 0.3) is 0 Å². The number of aliphatic hydroxyl groups excluding tert-OH is 1. The number of carbonyl (C=O) groups excluding carboxylic acids is 2. The molecule has 0 bridgehead atoms. The molecule has 0 atom stereocenters. The average molecular weight is 226 g/mol. The van der Waals surface area contributed by atoms with Crippen molar-refractivity contribution in [3.8, 4) is 0 Å². The average Bonchev–Trinajstić information content (AvgIpc) is 2.54. The van der Waals surface area contributed by atoms with E-state index in [9.17, 15) is 14.7 Å². The predicted octanol–water partition coefficient (Wildman–Crippen LogP) is 1.25. The molecule has 16 heavy (non-hydrogen) atoms. The Morgan fingerprint density at radius 3 is 2.50 bits per heavy atom. The number of allylic oxidation sites excluding steroid dienone is 1. The van der Waals surface area contributed by atoms with Crippen molar-refractivity contribution in [2.45, 2.75) is 20.3 Å². The number of hydrogen-bond acceptors (Lipinski definition) is 5. The SMILES string of the molecule is CCOC(=O)C1=C(C)C(C(=O)OC)=C(O)C1. The molecular formula is C11H14O5. The standard InChI is InChI=1S/C11H14O5/c1-4-16-10(13)7-5-8(12)9(6(7)2)11(14)15-3/h12H,4-5H2,1-3H3. The van der Waals surface area contributed by atoms with Crippen molar-refractivity contribution in [2.24, 2.45) is 0 Å². The van der Waals surface area contributed by atoms with Crippen LogP contribution in [0.3, 0.4) is 0 Å². The third kappa shape index (κ3) is 2.08. The van der Waals surface area contributed by atoms with Crippen molar-refractivity contribution in [1.82, 2.24) is 0 Å². The molecule has 0 heterocycles. The molecule has 0 aromatic carbocycles. The van der Waals surface area contributed by atoms with E-state index in [0.29, 0.717) is 11.1 Å². The van der Waals surface area contributed by atoms with E-state index in [1.54, 1.807) is 13.8 Å². The van der Waals surface area contributed by atoms with E-state index in [0.717, 1.165) is 0 Å². The van der Waals surface area contributed by atoms with E-state index >= 15 is 0 Å². The maximum atomic E-state index is 11.5. The number of esters is 2. The van der Waals surface area contributed by atoms with Crippen LogP contribution in [-0.2, 0) is 19.1 Å². The van der Waals surface area contributed by atoms with Gasteiger partial charge in [-0.2, -0.15) is 0 Å². The van der Waals surface area contributed by atoms with Crippen molar-refractivity contribution in [1.29, 1.82) is 0 Å². The number of aliphatic hydroxyl groups is 1. The van der Waals surface area contributed by atoms with Crippen LogP contribution in [-0.4, -0.2) is 30.8 Å². The van der Waals surface area contributed by atoms with E-state index in [1.165, 1.54) is 7.11 Å². The Kier molecular flexibility index (Phi) is 3.71. The Balaban J connectivity index is 2.99. The predicted molar refractivity (Wildman–Crippen MR) is 55.6 cm³/mol. The molecule has 0 saturated carbocycles. The monoisotopic (exact) mass is 226 g/mol. The lowest BCUT2D eigenvalue weighted by molar-refractivity contribution is -0.138. The van der Waals surface area contributed by atoms with Gasteiger partial charge in [0.05, 0.1) is 13.7 Å². The minimum Gasteiger partial charge on any atom is -0.511 e. The molecule has 1 aliphatic rings. The molecule has 5 heteroatoms. The molecule has 0 radical (unpaired) electrons. The van der Waals surface area contributed by atoms with E-state index in [1.807, 2.05) is 0 Å². The zero-order chi connectivity index (χ0) is 12.3. The minimum atomic E-state index is -0.644. The zero-order valence-electron chi connectivity index (χ0n) is 9.49. The summed E-state index contributed by atoms with van der Waals surface area (Å²) in [7, 11) is 1.22. The minimum absolute atomic E-state index is 0.0229. The van der Waals surface area contributed by atoms with Gasteiger partial charge in [0, 0.05) is 12.0 Å². The Hall–Kier alpha value is -1.78. The van der Waals surface area contributed by atoms with Gasteiger partial charge in [-0.05, 0) is 19.4 Å². The Labute approximate surface area is 93.3 Å². The summed E-state index contributed by atoms with van der Waals surface area (Å²) in [5.41, 5.74) is 0.785. The fourth-order valence-corrected chi connectivity index (χ4v) is 1.57. The maximum Gasteiger partial charge on any atom is 0.341 e. The number of carbonyl (C=O) groups is 2. The third-order valence-electron chi connectivity index (χ3n) is 2.37. The van der Waals surface area contributed by atoms with Gasteiger partial charge in [0.15, 0.2) is 0 Å². The highest BCUT2D eigenvalue weighted by atomic mass is 16.5. The quantitative estimate of drug-likeness (QED) is 0.733. The molecule has 1 rings (SSSR count). The molecule has 0 fully saturated rings. The summed E-state index contributed by atoms with van der Waals surface area (Å²) in [5.74, 6) is -1.30. The van der Waals surface area contributed by atoms with Crippen LogP contribution in [0.5, 0.6) is 0 Å². The highest BCUT2D eigenvalue weighted by Gasteiger charge is 2.31. The molecule has 0 aromatic heterocycles. The summed E-state index contributed by atoms with van der Waals surface area (Å²) in [5, 5.41) is 9.58. The van der Waals surface area contributed by atoms with Crippen molar-refractivity contribution in [3.05, 3.63) is 22.5 Å². The molecule has 0 aliphatic heterocycles. The van der Waals surface area contributed by atoms with E-state index in [-0.39, 0.29) is 24.4 Å². The number of methoxy groups -OCH3 is 1. The summed E-state index contributed by atoms with van der Waals surface area (Å²) in [6.07, 6.45) is 0.0229. The van der Waals surface area contributed by atoms with Crippen LogP contribution in [0.2, 0.25) is 0 Å². The number of rotatable bonds is 3. The van der Waals surface area contributed by atoms with Gasteiger partial charge in [0.2, 0.25) is 0 Å². The van der Waals surface area contributed by atoms with Crippen LogP contribution < -0.4 is 0 Å². The molecule has 88 valence electrons. The maximum absolute atomic E-state index is 11.5. The van der Waals surface area contributed by atoms with E-state index in [4.69, 9.17) is 4.74 Å². The third-order valence-corrected chi connectivity index (χ3v) is 2.37. The highest BCUT2D eigenvalue weighted by molar-refractivity contribution is 6.01. The second kappa shape index (κ2) is 4.83. The van der Waals surface area contributed by atoms with Gasteiger partial charge in [-0.3, -0.25) is 0 Å². The highest BCUT2D eigenvalue weighted by Crippen LogP contribution is 2.32. The van der Waals surface area contributed by atoms with Gasteiger partial charge in [-0.25, -0.2) is 9.59 Å². The summed E-state index contributed by atoms with van der Waals surface area (Å²) in [6, 6.07) is 0. The summed E-state index contributed by atoms with van der Waals surface area (Å²) >= 11 is 0. The lowest BCUT2D eigenvalue weighted by Crippen LogP contribution is -2.09. The van der Waals surface area contributed by atoms with Crippen LogP contribution in [0, 0.1) is 0 Å². The first-order chi connectivity index (χ1) is 7.52. The smallest absolute Gasteiger partial charge is 0.341 e. The van der Waals surface area contributed by atoms with Crippen molar-refractivity contribution in [3.63, 3.8) is 0 Å². The number of ether oxygens (including phenoxy) is 2. The van der Waals surface area contributed by atoms with Crippen LogP contribution in [0.4, 0.5) is 0 Å². The van der Waals surface area contributed by atoms with Gasteiger partial charge in [-0.1, -0.05) is 0 Å². The molecule has 1 N–H and O–H groups in total. The lowest BCUT2D eigenvalue weighted by atomic mass is 10.1. The van der Waals surface area contributed by atoms with E-state index in [2.05, 4.69) is 4.74 Å². The molecule has 0 spiro atoms. The molecule has 0 aromatic rings.